The highest BCUT2D eigenvalue weighted by Gasteiger charge is 2.07. The van der Waals surface area contributed by atoms with Gasteiger partial charge in [0.25, 0.3) is 0 Å². The summed E-state index contributed by atoms with van der Waals surface area (Å²) >= 11 is 0. The Bertz CT molecular complexity index is 305. The second-order valence-corrected chi connectivity index (χ2v) is 4.68. The average Bonchev–Trinajstić information content (AvgIpc) is 2.35. The zero-order valence-corrected chi connectivity index (χ0v) is 11.5. The second kappa shape index (κ2) is 7.33. The Morgan fingerprint density at radius 1 is 1.12 bits per heavy atom. The van der Waals surface area contributed by atoms with Crippen molar-refractivity contribution in [3.05, 3.63) is 29.8 Å². The molecule has 0 saturated carbocycles. The normalized spacial score (nSPS) is 12.8. The van der Waals surface area contributed by atoms with Crippen LogP contribution in [0.4, 0.5) is 0 Å². The molecule has 1 rings (SSSR count). The monoisotopic (exact) mass is 235 g/mol. The minimum absolute atomic E-state index is 0.264. The van der Waals surface area contributed by atoms with Crippen molar-refractivity contribution >= 4 is 0 Å². The van der Waals surface area contributed by atoms with Crippen molar-refractivity contribution in [2.45, 2.75) is 46.1 Å². The Labute approximate surface area is 105 Å². The third-order valence-corrected chi connectivity index (χ3v) is 2.93. The molecule has 0 saturated heterocycles. The zero-order valence-electron chi connectivity index (χ0n) is 11.5. The second-order valence-electron chi connectivity index (χ2n) is 4.68. The van der Waals surface area contributed by atoms with Crippen molar-refractivity contribution in [1.82, 2.24) is 5.32 Å². The van der Waals surface area contributed by atoms with Crippen molar-refractivity contribution in [3.8, 4) is 5.75 Å². The summed E-state index contributed by atoms with van der Waals surface area (Å²) in [6, 6.07) is 8.45. The van der Waals surface area contributed by atoms with Gasteiger partial charge in [-0.3, -0.25) is 0 Å². The van der Waals surface area contributed by atoms with Crippen LogP contribution in [-0.4, -0.2) is 19.2 Å². The van der Waals surface area contributed by atoms with Gasteiger partial charge >= 0.3 is 0 Å². The molecule has 0 aliphatic carbocycles. The lowest BCUT2D eigenvalue weighted by atomic mass is 10.0. The Morgan fingerprint density at radius 3 is 2.24 bits per heavy atom. The summed E-state index contributed by atoms with van der Waals surface area (Å²) < 4.78 is 5.94. The molecule has 0 fully saturated rings. The van der Waals surface area contributed by atoms with Crippen LogP contribution >= 0.6 is 0 Å². The first-order chi connectivity index (χ1) is 8.17. The number of hydrogen-bond donors (Lipinski definition) is 1. The molecule has 1 atom stereocenters. The van der Waals surface area contributed by atoms with Gasteiger partial charge in [-0.1, -0.05) is 39.8 Å². The van der Waals surface area contributed by atoms with E-state index in [1.807, 2.05) is 0 Å². The van der Waals surface area contributed by atoms with Crippen LogP contribution in [0.2, 0.25) is 0 Å². The molecule has 0 amide bonds. The van der Waals surface area contributed by atoms with E-state index in [4.69, 9.17) is 4.74 Å². The summed E-state index contributed by atoms with van der Waals surface area (Å²) in [6.07, 6.45) is 1.29. The average molecular weight is 235 g/mol. The summed E-state index contributed by atoms with van der Waals surface area (Å²) in [4.78, 5) is 0. The summed E-state index contributed by atoms with van der Waals surface area (Å²) in [7, 11) is 0. The number of likely N-dealkylation sites (N-methyl/N-ethyl adjacent to an activating group) is 1. The molecule has 1 unspecified atom stereocenters. The van der Waals surface area contributed by atoms with Gasteiger partial charge < -0.3 is 10.1 Å². The number of ether oxygens (including phenoxy) is 1. The molecule has 0 spiro atoms. The summed E-state index contributed by atoms with van der Waals surface area (Å²) in [6.45, 7) is 10.6. The first kappa shape index (κ1) is 14.0. The summed E-state index contributed by atoms with van der Waals surface area (Å²) in [5.74, 6) is 1.55. The molecular formula is C15H25NO. The third kappa shape index (κ3) is 4.78. The van der Waals surface area contributed by atoms with Gasteiger partial charge in [0.15, 0.2) is 0 Å². The maximum Gasteiger partial charge on any atom is 0.119 e. The summed E-state index contributed by atoms with van der Waals surface area (Å²) in [5, 5.41) is 3.32. The fourth-order valence-electron chi connectivity index (χ4n) is 1.70. The number of nitrogens with one attached hydrogen (secondary N) is 1. The first-order valence-electron chi connectivity index (χ1n) is 6.64. The van der Waals surface area contributed by atoms with Crippen LogP contribution in [0, 0.1) is 0 Å². The quantitative estimate of drug-likeness (QED) is 0.780. The molecule has 0 radical (unpaired) electrons. The molecule has 96 valence electrons. The Morgan fingerprint density at radius 2 is 1.76 bits per heavy atom. The highest BCUT2D eigenvalue weighted by molar-refractivity contribution is 5.29. The van der Waals surface area contributed by atoms with Crippen LogP contribution in [-0.2, 0) is 0 Å². The van der Waals surface area contributed by atoms with Gasteiger partial charge in [-0.25, -0.2) is 0 Å². The molecule has 0 aromatic heterocycles. The van der Waals surface area contributed by atoms with Crippen molar-refractivity contribution in [2.75, 3.05) is 13.1 Å². The van der Waals surface area contributed by atoms with E-state index < -0.39 is 0 Å². The van der Waals surface area contributed by atoms with Crippen molar-refractivity contribution in [1.29, 1.82) is 0 Å². The first-order valence-corrected chi connectivity index (χ1v) is 6.64. The molecule has 2 heteroatoms. The molecule has 0 bridgehead atoms. The topological polar surface area (TPSA) is 21.3 Å². The van der Waals surface area contributed by atoms with Crippen LogP contribution in [0.5, 0.6) is 5.75 Å². The molecule has 0 heterocycles. The smallest absolute Gasteiger partial charge is 0.119 e. The maximum atomic E-state index is 5.94. The van der Waals surface area contributed by atoms with Gasteiger partial charge in [-0.15, -0.1) is 0 Å². The predicted octanol–water partition coefficient (Wildman–Crippen LogP) is 3.58. The van der Waals surface area contributed by atoms with E-state index in [1.165, 1.54) is 5.56 Å². The van der Waals surface area contributed by atoms with Gasteiger partial charge in [0, 0.05) is 6.54 Å². The SMILES string of the molecule is CCNCC(CC)Oc1ccc(C(C)C)cc1. The van der Waals surface area contributed by atoms with E-state index >= 15 is 0 Å². The minimum atomic E-state index is 0.264. The Kier molecular flexibility index (Phi) is 6.06. The van der Waals surface area contributed by atoms with Crippen LogP contribution in [0.1, 0.15) is 45.6 Å². The van der Waals surface area contributed by atoms with E-state index in [9.17, 15) is 0 Å². The third-order valence-electron chi connectivity index (χ3n) is 2.93. The summed E-state index contributed by atoms with van der Waals surface area (Å²) in [5.41, 5.74) is 1.36. The lowest BCUT2D eigenvalue weighted by Gasteiger charge is -2.18. The fourth-order valence-corrected chi connectivity index (χ4v) is 1.70. The van der Waals surface area contributed by atoms with Gasteiger partial charge in [-0.2, -0.15) is 0 Å². The fraction of sp³-hybridized carbons (Fsp3) is 0.600. The minimum Gasteiger partial charge on any atom is -0.489 e. The van der Waals surface area contributed by atoms with Gasteiger partial charge in [0.1, 0.15) is 11.9 Å². The molecule has 1 aromatic rings. The van der Waals surface area contributed by atoms with Gasteiger partial charge in [-0.05, 0) is 36.6 Å². The maximum absolute atomic E-state index is 5.94. The van der Waals surface area contributed by atoms with E-state index in [0.29, 0.717) is 5.92 Å². The van der Waals surface area contributed by atoms with Crippen molar-refractivity contribution < 1.29 is 4.74 Å². The highest BCUT2D eigenvalue weighted by Crippen LogP contribution is 2.19. The zero-order chi connectivity index (χ0) is 12.7. The molecule has 1 N–H and O–H groups in total. The van der Waals surface area contributed by atoms with Crippen LogP contribution in [0.15, 0.2) is 24.3 Å². The lowest BCUT2D eigenvalue weighted by Crippen LogP contribution is -2.30. The van der Waals surface area contributed by atoms with E-state index in [2.05, 4.69) is 57.3 Å². The molecule has 17 heavy (non-hydrogen) atoms. The Hall–Kier alpha value is -1.02. The molecular weight excluding hydrogens is 210 g/mol. The van der Waals surface area contributed by atoms with E-state index in [1.54, 1.807) is 0 Å². The Balaban J connectivity index is 2.54. The number of benzene rings is 1. The van der Waals surface area contributed by atoms with Crippen molar-refractivity contribution in [3.63, 3.8) is 0 Å². The van der Waals surface area contributed by atoms with E-state index in [-0.39, 0.29) is 6.10 Å². The van der Waals surface area contributed by atoms with E-state index in [0.717, 1.165) is 25.3 Å². The largest absolute Gasteiger partial charge is 0.489 e. The molecule has 0 aliphatic heterocycles. The van der Waals surface area contributed by atoms with Crippen LogP contribution in [0.3, 0.4) is 0 Å². The van der Waals surface area contributed by atoms with Crippen molar-refractivity contribution in [2.24, 2.45) is 0 Å². The molecule has 1 aromatic carbocycles. The van der Waals surface area contributed by atoms with Crippen LogP contribution < -0.4 is 10.1 Å². The molecule has 2 nitrogen and oxygen atoms in total. The van der Waals surface area contributed by atoms with Gasteiger partial charge in [0.2, 0.25) is 0 Å². The number of rotatable bonds is 7. The number of hydrogen-bond acceptors (Lipinski definition) is 2. The highest BCUT2D eigenvalue weighted by atomic mass is 16.5. The lowest BCUT2D eigenvalue weighted by molar-refractivity contribution is 0.194. The van der Waals surface area contributed by atoms with Gasteiger partial charge in [0.05, 0.1) is 0 Å². The van der Waals surface area contributed by atoms with Crippen LogP contribution in [0.25, 0.3) is 0 Å². The predicted molar refractivity (Wildman–Crippen MR) is 73.8 cm³/mol. The molecule has 0 aliphatic rings. The standard InChI is InChI=1S/C15H25NO/c1-5-14(11-16-6-2)17-15-9-7-13(8-10-15)12(3)4/h7-10,12,14,16H,5-6,11H2,1-4H3.